The quantitative estimate of drug-likeness (QED) is 0.841. The van der Waals surface area contributed by atoms with Gasteiger partial charge in [-0.15, -0.1) is 0 Å². The molecular weight excluding hydrogens is 269 g/mol. The first-order valence-corrected chi connectivity index (χ1v) is 7.59. The monoisotopic (exact) mass is 293 g/mol. The molecule has 1 saturated carbocycles. The van der Waals surface area contributed by atoms with Crippen LogP contribution < -0.4 is 11.5 Å². The van der Waals surface area contributed by atoms with Gasteiger partial charge in [0.25, 0.3) is 0 Å². The summed E-state index contributed by atoms with van der Waals surface area (Å²) >= 11 is 0. The predicted octanol–water partition coefficient (Wildman–Crippen LogP) is 1.87. The minimum Gasteiger partial charge on any atom is -0.366 e. The average molecular weight is 293 g/mol. The molecule has 21 heavy (non-hydrogen) atoms. The number of benzene rings is 1. The second-order valence-corrected chi connectivity index (χ2v) is 5.73. The van der Waals surface area contributed by atoms with Gasteiger partial charge in [0, 0.05) is 23.7 Å². The number of primary amides is 1. The Morgan fingerprint density at radius 3 is 2.81 bits per heavy atom. The van der Waals surface area contributed by atoms with Gasteiger partial charge in [-0.2, -0.15) is 0 Å². The van der Waals surface area contributed by atoms with E-state index in [-0.39, 0.29) is 5.82 Å². The Morgan fingerprint density at radius 2 is 2.19 bits per heavy atom. The highest BCUT2D eigenvalue weighted by Gasteiger charge is 2.30. The van der Waals surface area contributed by atoms with Crippen LogP contribution in [0.5, 0.6) is 0 Å². The molecule has 4 N–H and O–H groups in total. The molecule has 0 heterocycles. The highest BCUT2D eigenvalue weighted by molar-refractivity contribution is 5.92. The van der Waals surface area contributed by atoms with Crippen molar-refractivity contribution in [3.8, 4) is 0 Å². The molecule has 1 amide bonds. The van der Waals surface area contributed by atoms with Crippen LogP contribution in [0.3, 0.4) is 0 Å². The van der Waals surface area contributed by atoms with Crippen LogP contribution in [-0.4, -0.2) is 29.9 Å². The molecule has 2 atom stereocenters. The molecule has 5 heteroatoms. The smallest absolute Gasteiger partial charge is 0.248 e. The van der Waals surface area contributed by atoms with Gasteiger partial charge in [0.15, 0.2) is 0 Å². The minimum atomic E-state index is -0.528. The van der Waals surface area contributed by atoms with E-state index in [0.29, 0.717) is 36.2 Å². The summed E-state index contributed by atoms with van der Waals surface area (Å²) in [5.74, 6) is -0.340. The Labute approximate surface area is 125 Å². The van der Waals surface area contributed by atoms with Crippen LogP contribution in [0.2, 0.25) is 0 Å². The zero-order chi connectivity index (χ0) is 15.4. The van der Waals surface area contributed by atoms with Crippen molar-refractivity contribution in [2.45, 2.75) is 38.8 Å². The molecule has 1 aliphatic carbocycles. The van der Waals surface area contributed by atoms with Crippen LogP contribution in [0.25, 0.3) is 0 Å². The van der Waals surface area contributed by atoms with Crippen LogP contribution in [0.1, 0.15) is 42.1 Å². The molecule has 1 aromatic carbocycles. The summed E-state index contributed by atoms with van der Waals surface area (Å²) in [6.45, 7) is 4.07. The van der Waals surface area contributed by atoms with Crippen LogP contribution in [0.15, 0.2) is 18.2 Å². The SMILES string of the molecule is CCN(Cc1cc(C(N)=O)ccc1F)C1CCCC1CN. The number of nitrogens with zero attached hydrogens (tertiary/aromatic N) is 1. The van der Waals surface area contributed by atoms with Gasteiger partial charge < -0.3 is 11.5 Å². The summed E-state index contributed by atoms with van der Waals surface area (Å²) < 4.78 is 14.0. The third-order valence-electron chi connectivity index (χ3n) is 4.50. The van der Waals surface area contributed by atoms with E-state index >= 15 is 0 Å². The summed E-state index contributed by atoms with van der Waals surface area (Å²) in [5.41, 5.74) is 12.0. The molecule has 1 fully saturated rings. The highest BCUT2D eigenvalue weighted by Crippen LogP contribution is 2.30. The van der Waals surface area contributed by atoms with Crippen molar-refractivity contribution in [1.29, 1.82) is 0 Å². The lowest BCUT2D eigenvalue weighted by molar-refractivity contribution is 0.1000. The molecule has 1 aliphatic rings. The van der Waals surface area contributed by atoms with Crippen molar-refractivity contribution in [3.63, 3.8) is 0 Å². The van der Waals surface area contributed by atoms with Crippen molar-refractivity contribution in [2.24, 2.45) is 17.4 Å². The molecule has 4 nitrogen and oxygen atoms in total. The highest BCUT2D eigenvalue weighted by atomic mass is 19.1. The van der Waals surface area contributed by atoms with Gasteiger partial charge in [-0.3, -0.25) is 9.69 Å². The molecule has 2 rings (SSSR count). The molecule has 0 spiro atoms. The van der Waals surface area contributed by atoms with Gasteiger partial charge in [0.2, 0.25) is 5.91 Å². The number of carbonyl (C=O) groups excluding carboxylic acids is 1. The Hall–Kier alpha value is -1.46. The third kappa shape index (κ3) is 3.60. The number of halogens is 1. The number of nitrogens with two attached hydrogens (primary N) is 2. The summed E-state index contributed by atoms with van der Waals surface area (Å²) in [7, 11) is 0. The van der Waals surface area contributed by atoms with E-state index in [0.717, 1.165) is 19.4 Å². The lowest BCUT2D eigenvalue weighted by atomic mass is 10.0. The first kappa shape index (κ1) is 15.9. The fourth-order valence-corrected chi connectivity index (χ4v) is 3.30. The lowest BCUT2D eigenvalue weighted by Crippen LogP contribution is -2.40. The van der Waals surface area contributed by atoms with Gasteiger partial charge in [0.05, 0.1) is 0 Å². The summed E-state index contributed by atoms with van der Waals surface area (Å²) in [6.07, 6.45) is 3.42. The standard InChI is InChI=1S/C16H24FN3O/c1-2-20(15-5-3-4-12(15)9-18)10-13-8-11(16(19)21)6-7-14(13)17/h6-8,12,15H,2-5,9-10,18H2,1H3,(H2,19,21). The van der Waals surface area contributed by atoms with Gasteiger partial charge >= 0.3 is 0 Å². The second-order valence-electron chi connectivity index (χ2n) is 5.73. The topological polar surface area (TPSA) is 72.3 Å². The minimum absolute atomic E-state index is 0.291. The zero-order valence-corrected chi connectivity index (χ0v) is 12.5. The van der Waals surface area contributed by atoms with Crippen molar-refractivity contribution >= 4 is 5.91 Å². The predicted molar refractivity (Wildman–Crippen MR) is 81.2 cm³/mol. The average Bonchev–Trinajstić information content (AvgIpc) is 2.94. The Kier molecular flexibility index (Phi) is 5.31. The summed E-state index contributed by atoms with van der Waals surface area (Å²) in [4.78, 5) is 13.5. The Morgan fingerprint density at radius 1 is 1.43 bits per heavy atom. The molecule has 0 saturated heterocycles. The molecule has 0 radical (unpaired) electrons. The van der Waals surface area contributed by atoms with Crippen molar-refractivity contribution < 1.29 is 9.18 Å². The van der Waals surface area contributed by atoms with Crippen LogP contribution in [-0.2, 0) is 6.54 Å². The van der Waals surface area contributed by atoms with Crippen LogP contribution >= 0.6 is 0 Å². The number of hydrogen-bond donors (Lipinski definition) is 2. The zero-order valence-electron chi connectivity index (χ0n) is 12.5. The first-order valence-electron chi connectivity index (χ1n) is 7.59. The maximum atomic E-state index is 14.0. The van der Waals surface area contributed by atoms with Crippen molar-refractivity contribution in [2.75, 3.05) is 13.1 Å². The lowest BCUT2D eigenvalue weighted by Gasteiger charge is -2.32. The van der Waals surface area contributed by atoms with Gasteiger partial charge in [0.1, 0.15) is 5.82 Å². The van der Waals surface area contributed by atoms with Gasteiger partial charge in [-0.05, 0) is 50.0 Å². The van der Waals surface area contributed by atoms with E-state index in [1.165, 1.54) is 18.6 Å². The third-order valence-corrected chi connectivity index (χ3v) is 4.50. The fraction of sp³-hybridized carbons (Fsp3) is 0.562. The normalized spacial score (nSPS) is 21.9. The largest absolute Gasteiger partial charge is 0.366 e. The van der Waals surface area contributed by atoms with Crippen LogP contribution in [0, 0.1) is 11.7 Å². The number of amides is 1. The van der Waals surface area contributed by atoms with Crippen LogP contribution in [0.4, 0.5) is 4.39 Å². The number of hydrogen-bond acceptors (Lipinski definition) is 3. The number of carbonyl (C=O) groups is 1. The maximum absolute atomic E-state index is 14.0. The second kappa shape index (κ2) is 7.00. The Bertz CT molecular complexity index is 506. The molecule has 0 aliphatic heterocycles. The first-order chi connectivity index (χ1) is 10.1. The number of rotatable bonds is 6. The molecule has 0 aromatic heterocycles. The van der Waals surface area contributed by atoms with Crippen molar-refractivity contribution in [1.82, 2.24) is 4.90 Å². The molecule has 116 valence electrons. The Balaban J connectivity index is 2.18. The summed E-state index contributed by atoms with van der Waals surface area (Å²) in [6, 6.07) is 4.71. The van der Waals surface area contributed by atoms with Gasteiger partial charge in [-0.1, -0.05) is 13.3 Å². The van der Waals surface area contributed by atoms with E-state index < -0.39 is 5.91 Å². The van der Waals surface area contributed by atoms with E-state index in [1.807, 2.05) is 0 Å². The summed E-state index contributed by atoms with van der Waals surface area (Å²) in [5, 5.41) is 0. The molecule has 1 aromatic rings. The van der Waals surface area contributed by atoms with E-state index in [2.05, 4.69) is 11.8 Å². The van der Waals surface area contributed by atoms with E-state index in [1.54, 1.807) is 6.07 Å². The maximum Gasteiger partial charge on any atom is 0.248 e. The molecular formula is C16H24FN3O. The van der Waals surface area contributed by atoms with Crippen molar-refractivity contribution in [3.05, 3.63) is 35.1 Å². The van der Waals surface area contributed by atoms with E-state index in [4.69, 9.17) is 11.5 Å². The fourth-order valence-electron chi connectivity index (χ4n) is 3.30. The van der Waals surface area contributed by atoms with E-state index in [9.17, 15) is 9.18 Å². The van der Waals surface area contributed by atoms with Gasteiger partial charge in [-0.25, -0.2) is 4.39 Å². The molecule has 0 bridgehead atoms. The molecule has 2 unspecified atom stereocenters.